The first-order valence-corrected chi connectivity index (χ1v) is 7.44. The molecule has 0 radical (unpaired) electrons. The zero-order valence-electron chi connectivity index (χ0n) is 10.9. The van der Waals surface area contributed by atoms with Crippen LogP contribution in [0.3, 0.4) is 0 Å². The first-order valence-electron chi connectivity index (χ1n) is 6.05. The van der Waals surface area contributed by atoms with Crippen molar-refractivity contribution in [1.29, 1.82) is 0 Å². The van der Waals surface area contributed by atoms with Crippen molar-refractivity contribution >= 4 is 28.5 Å². The van der Waals surface area contributed by atoms with Gasteiger partial charge in [0.15, 0.2) is 0 Å². The third-order valence-electron chi connectivity index (χ3n) is 3.03. The molecule has 0 atom stereocenters. The van der Waals surface area contributed by atoms with E-state index in [0.717, 1.165) is 34.6 Å². The van der Waals surface area contributed by atoms with E-state index in [9.17, 15) is 0 Å². The standard InChI is InChI=1S/C14H19N3S/c1-17(7-8-18-2)14-9-11(10-15)12-5-3-4-6-13(12)16-14/h3-6,9H,7-8,10,15H2,1-2H3. The molecule has 2 aromatic rings. The van der Waals surface area contributed by atoms with E-state index in [-0.39, 0.29) is 0 Å². The summed E-state index contributed by atoms with van der Waals surface area (Å²) in [7, 11) is 2.08. The van der Waals surface area contributed by atoms with E-state index in [2.05, 4.69) is 30.3 Å². The van der Waals surface area contributed by atoms with Crippen LogP contribution >= 0.6 is 11.8 Å². The van der Waals surface area contributed by atoms with Crippen LogP contribution < -0.4 is 10.6 Å². The molecule has 0 aliphatic carbocycles. The Kier molecular flexibility index (Phi) is 4.44. The van der Waals surface area contributed by atoms with E-state index in [4.69, 9.17) is 10.7 Å². The molecule has 2 N–H and O–H groups in total. The summed E-state index contributed by atoms with van der Waals surface area (Å²) in [5.41, 5.74) is 8.01. The van der Waals surface area contributed by atoms with Crippen LogP contribution in [0.2, 0.25) is 0 Å². The van der Waals surface area contributed by atoms with Gasteiger partial charge < -0.3 is 10.6 Å². The average molecular weight is 261 g/mol. The van der Waals surface area contributed by atoms with Gasteiger partial charge in [0.1, 0.15) is 5.82 Å². The van der Waals surface area contributed by atoms with Crippen molar-refractivity contribution in [2.45, 2.75) is 6.54 Å². The molecule has 0 spiro atoms. The number of thioether (sulfide) groups is 1. The summed E-state index contributed by atoms with van der Waals surface area (Å²) in [4.78, 5) is 6.88. The van der Waals surface area contributed by atoms with E-state index in [0.29, 0.717) is 6.54 Å². The number of para-hydroxylation sites is 1. The molecule has 1 heterocycles. The summed E-state index contributed by atoms with van der Waals surface area (Å²) in [6.45, 7) is 1.54. The summed E-state index contributed by atoms with van der Waals surface area (Å²) < 4.78 is 0. The molecule has 0 aliphatic heterocycles. The van der Waals surface area contributed by atoms with E-state index < -0.39 is 0 Å². The lowest BCUT2D eigenvalue weighted by atomic mass is 10.1. The molecule has 3 nitrogen and oxygen atoms in total. The molecule has 0 fully saturated rings. The van der Waals surface area contributed by atoms with Crippen molar-refractivity contribution in [2.24, 2.45) is 5.73 Å². The third kappa shape index (κ3) is 2.76. The van der Waals surface area contributed by atoms with Crippen LogP contribution in [0.25, 0.3) is 10.9 Å². The predicted molar refractivity (Wildman–Crippen MR) is 81.3 cm³/mol. The van der Waals surface area contributed by atoms with Gasteiger partial charge in [0.05, 0.1) is 5.52 Å². The highest BCUT2D eigenvalue weighted by Crippen LogP contribution is 2.22. The number of rotatable bonds is 5. The molecule has 0 amide bonds. The summed E-state index contributed by atoms with van der Waals surface area (Å²) in [5.74, 6) is 2.10. The fraction of sp³-hybridized carbons (Fsp3) is 0.357. The van der Waals surface area contributed by atoms with E-state index in [1.807, 2.05) is 30.0 Å². The normalized spacial score (nSPS) is 10.8. The average Bonchev–Trinajstić information content (AvgIpc) is 2.43. The summed E-state index contributed by atoms with van der Waals surface area (Å²) in [6, 6.07) is 10.3. The second-order valence-corrected chi connectivity index (χ2v) is 5.26. The van der Waals surface area contributed by atoms with Gasteiger partial charge in [-0.1, -0.05) is 18.2 Å². The van der Waals surface area contributed by atoms with Crippen molar-refractivity contribution in [1.82, 2.24) is 4.98 Å². The first-order chi connectivity index (χ1) is 8.76. The monoisotopic (exact) mass is 261 g/mol. The number of anilines is 1. The van der Waals surface area contributed by atoms with Gasteiger partial charge in [-0.25, -0.2) is 4.98 Å². The van der Waals surface area contributed by atoms with Crippen molar-refractivity contribution in [3.8, 4) is 0 Å². The maximum Gasteiger partial charge on any atom is 0.129 e. The van der Waals surface area contributed by atoms with E-state index >= 15 is 0 Å². The van der Waals surface area contributed by atoms with Gasteiger partial charge >= 0.3 is 0 Å². The van der Waals surface area contributed by atoms with Crippen molar-refractivity contribution in [2.75, 3.05) is 30.5 Å². The lowest BCUT2D eigenvalue weighted by molar-refractivity contribution is 0.946. The zero-order chi connectivity index (χ0) is 13.0. The number of benzene rings is 1. The van der Waals surface area contributed by atoms with Crippen LogP contribution in [0.4, 0.5) is 5.82 Å². The van der Waals surface area contributed by atoms with Crippen molar-refractivity contribution in [3.05, 3.63) is 35.9 Å². The molecular weight excluding hydrogens is 242 g/mol. The number of pyridine rings is 1. The zero-order valence-corrected chi connectivity index (χ0v) is 11.7. The first kappa shape index (κ1) is 13.2. The Bertz CT molecular complexity index is 527. The number of hydrogen-bond acceptors (Lipinski definition) is 4. The second-order valence-electron chi connectivity index (χ2n) is 4.28. The Balaban J connectivity index is 2.40. The van der Waals surface area contributed by atoms with Gasteiger partial charge in [0.25, 0.3) is 0 Å². The third-order valence-corrected chi connectivity index (χ3v) is 3.62. The summed E-state index contributed by atoms with van der Waals surface area (Å²) in [5, 5.41) is 1.15. The number of hydrogen-bond donors (Lipinski definition) is 1. The van der Waals surface area contributed by atoms with Crippen molar-refractivity contribution < 1.29 is 0 Å². The van der Waals surface area contributed by atoms with Gasteiger partial charge in [0.2, 0.25) is 0 Å². The van der Waals surface area contributed by atoms with Crippen LogP contribution in [0, 0.1) is 0 Å². The van der Waals surface area contributed by atoms with Crippen molar-refractivity contribution in [3.63, 3.8) is 0 Å². The number of nitrogens with two attached hydrogens (primary N) is 1. The summed E-state index contributed by atoms with van der Waals surface area (Å²) >= 11 is 1.84. The van der Waals surface area contributed by atoms with Crippen LogP contribution in [0.15, 0.2) is 30.3 Å². The van der Waals surface area contributed by atoms with Crippen LogP contribution in [-0.4, -0.2) is 30.6 Å². The smallest absolute Gasteiger partial charge is 0.129 e. The van der Waals surface area contributed by atoms with Crippen LogP contribution in [0.1, 0.15) is 5.56 Å². The fourth-order valence-electron chi connectivity index (χ4n) is 1.94. The Labute approximate surface area is 112 Å². The lowest BCUT2D eigenvalue weighted by Gasteiger charge is -2.19. The molecule has 0 saturated heterocycles. The Morgan fingerprint density at radius 3 is 2.83 bits per heavy atom. The van der Waals surface area contributed by atoms with E-state index in [1.165, 1.54) is 0 Å². The van der Waals surface area contributed by atoms with Crippen LogP contribution in [0.5, 0.6) is 0 Å². The highest BCUT2D eigenvalue weighted by atomic mass is 32.2. The molecular formula is C14H19N3S. The largest absolute Gasteiger partial charge is 0.359 e. The minimum atomic E-state index is 0.548. The minimum absolute atomic E-state index is 0.548. The second kappa shape index (κ2) is 6.07. The van der Waals surface area contributed by atoms with Gasteiger partial charge in [-0.3, -0.25) is 0 Å². The lowest BCUT2D eigenvalue weighted by Crippen LogP contribution is -2.21. The maximum atomic E-state index is 5.83. The molecule has 18 heavy (non-hydrogen) atoms. The highest BCUT2D eigenvalue weighted by Gasteiger charge is 2.07. The van der Waals surface area contributed by atoms with Gasteiger partial charge in [-0.2, -0.15) is 11.8 Å². The fourth-order valence-corrected chi connectivity index (χ4v) is 2.40. The van der Waals surface area contributed by atoms with Gasteiger partial charge in [0, 0.05) is 31.3 Å². The van der Waals surface area contributed by atoms with Gasteiger partial charge in [-0.15, -0.1) is 0 Å². The highest BCUT2D eigenvalue weighted by molar-refractivity contribution is 7.98. The minimum Gasteiger partial charge on any atom is -0.359 e. The summed E-state index contributed by atoms with van der Waals surface area (Å²) in [6.07, 6.45) is 2.12. The number of fused-ring (bicyclic) bond motifs is 1. The predicted octanol–water partition coefficient (Wildman–Crippen LogP) is 2.49. The Morgan fingerprint density at radius 2 is 2.11 bits per heavy atom. The quantitative estimate of drug-likeness (QED) is 0.898. The number of aromatic nitrogens is 1. The molecule has 96 valence electrons. The Hall–Kier alpha value is -1.26. The van der Waals surface area contributed by atoms with E-state index in [1.54, 1.807) is 0 Å². The molecule has 4 heteroatoms. The molecule has 0 bridgehead atoms. The maximum absolute atomic E-state index is 5.83. The SMILES string of the molecule is CSCCN(C)c1cc(CN)c2ccccc2n1. The van der Waals surface area contributed by atoms with Crippen LogP contribution in [-0.2, 0) is 6.54 Å². The molecule has 1 aromatic heterocycles. The molecule has 0 unspecified atom stereocenters. The van der Waals surface area contributed by atoms with Gasteiger partial charge in [-0.05, 0) is 24.0 Å². The molecule has 2 rings (SSSR count). The topological polar surface area (TPSA) is 42.1 Å². The Morgan fingerprint density at radius 1 is 1.33 bits per heavy atom. The molecule has 1 aromatic carbocycles. The molecule has 0 saturated carbocycles. The molecule has 0 aliphatic rings. The number of nitrogens with zero attached hydrogens (tertiary/aromatic N) is 2.